The fourth-order valence-corrected chi connectivity index (χ4v) is 7.97. The molecule has 25 heavy (non-hydrogen) atoms. The summed E-state index contributed by atoms with van der Waals surface area (Å²) in [6.45, 7) is 0. The number of hydrogen-bond acceptors (Lipinski definition) is 4. The molecule has 0 spiro atoms. The molecule has 132 valence electrons. The SMILES string of the molecule is CSc1nc2ccc(NC(=O)C34C[C@@H]5C[C@@H](CC(Cl)(C5)C3)C4)cc2s1. The molecule has 1 aromatic carbocycles. The summed E-state index contributed by atoms with van der Waals surface area (Å²) in [5, 5.41) is 3.21. The molecule has 2 aromatic rings. The van der Waals surface area contributed by atoms with Crippen molar-refractivity contribution >= 4 is 56.5 Å². The molecule has 4 fully saturated rings. The molecule has 4 bridgehead atoms. The van der Waals surface area contributed by atoms with Crippen LogP contribution < -0.4 is 5.32 Å². The summed E-state index contributed by atoms with van der Waals surface area (Å²) in [5.41, 5.74) is 1.63. The number of carbonyl (C=O) groups is 1. The molecule has 3 nitrogen and oxygen atoms in total. The van der Waals surface area contributed by atoms with Gasteiger partial charge in [-0.05, 0) is 74.8 Å². The minimum absolute atomic E-state index is 0.129. The van der Waals surface area contributed by atoms with Crippen LogP contribution in [0.2, 0.25) is 0 Å². The van der Waals surface area contributed by atoms with Gasteiger partial charge in [-0.25, -0.2) is 4.98 Å². The number of fused-ring (bicyclic) bond motifs is 1. The molecular weight excluding hydrogens is 372 g/mol. The van der Waals surface area contributed by atoms with Gasteiger partial charge in [-0.3, -0.25) is 4.79 Å². The van der Waals surface area contributed by atoms with E-state index in [9.17, 15) is 4.79 Å². The number of thiazole rings is 1. The van der Waals surface area contributed by atoms with Gasteiger partial charge in [0.15, 0.2) is 4.34 Å². The van der Waals surface area contributed by atoms with Crippen molar-refractivity contribution in [1.82, 2.24) is 4.98 Å². The maximum atomic E-state index is 13.2. The summed E-state index contributed by atoms with van der Waals surface area (Å²) in [6.07, 6.45) is 8.39. The lowest BCUT2D eigenvalue weighted by molar-refractivity contribution is -0.138. The Balaban J connectivity index is 1.41. The second kappa shape index (κ2) is 5.61. The Morgan fingerprint density at radius 1 is 1.32 bits per heavy atom. The summed E-state index contributed by atoms with van der Waals surface area (Å²) in [6, 6.07) is 6.03. The molecule has 4 atom stereocenters. The smallest absolute Gasteiger partial charge is 0.230 e. The van der Waals surface area contributed by atoms with Crippen LogP contribution in [-0.2, 0) is 4.79 Å². The fourth-order valence-electron chi connectivity index (χ4n) is 5.75. The third kappa shape index (κ3) is 2.70. The number of rotatable bonds is 3. The van der Waals surface area contributed by atoms with Gasteiger partial charge >= 0.3 is 0 Å². The number of nitrogens with one attached hydrogen (secondary N) is 1. The number of nitrogens with zero attached hydrogens (tertiary/aromatic N) is 1. The highest BCUT2D eigenvalue weighted by molar-refractivity contribution is 8.00. The van der Waals surface area contributed by atoms with Crippen molar-refractivity contribution in [2.75, 3.05) is 11.6 Å². The van der Waals surface area contributed by atoms with Crippen LogP contribution in [0.3, 0.4) is 0 Å². The van der Waals surface area contributed by atoms with Gasteiger partial charge in [0.25, 0.3) is 0 Å². The number of benzene rings is 1. The highest BCUT2D eigenvalue weighted by atomic mass is 35.5. The first kappa shape index (κ1) is 16.4. The molecule has 4 aliphatic carbocycles. The molecule has 0 saturated heterocycles. The zero-order valence-corrected chi connectivity index (χ0v) is 16.6. The number of amides is 1. The van der Waals surface area contributed by atoms with Crippen LogP contribution in [0.25, 0.3) is 10.2 Å². The van der Waals surface area contributed by atoms with E-state index in [1.54, 1.807) is 23.1 Å². The lowest BCUT2D eigenvalue weighted by Crippen LogP contribution is -2.57. The van der Waals surface area contributed by atoms with E-state index in [1.165, 1.54) is 6.42 Å². The standard InChI is InChI=1S/C19H21ClN2OS2/c1-24-17-22-14-3-2-13(5-15(14)25-17)21-16(23)18-6-11-4-12(7-18)9-19(20,8-11)10-18/h2-3,5,11-12H,4,6-10H2,1H3,(H,21,23)/t11-,12+,18?,19?. The summed E-state index contributed by atoms with van der Waals surface area (Å²) >= 11 is 10.2. The molecule has 4 aliphatic rings. The van der Waals surface area contributed by atoms with E-state index in [2.05, 4.69) is 16.4 Å². The third-order valence-electron chi connectivity index (χ3n) is 6.27. The largest absolute Gasteiger partial charge is 0.326 e. The Hall–Kier alpha value is -0.780. The molecule has 2 unspecified atom stereocenters. The molecule has 1 aromatic heterocycles. The fraction of sp³-hybridized carbons (Fsp3) is 0.579. The van der Waals surface area contributed by atoms with E-state index >= 15 is 0 Å². The first-order valence-electron chi connectivity index (χ1n) is 8.92. The Labute approximate surface area is 160 Å². The molecule has 1 N–H and O–H groups in total. The van der Waals surface area contributed by atoms with Crippen molar-refractivity contribution < 1.29 is 4.79 Å². The average molecular weight is 393 g/mol. The molecule has 0 aliphatic heterocycles. The van der Waals surface area contributed by atoms with Crippen LogP contribution in [-0.4, -0.2) is 22.0 Å². The van der Waals surface area contributed by atoms with E-state index in [-0.39, 0.29) is 16.2 Å². The second-order valence-electron chi connectivity index (χ2n) is 8.21. The number of carbonyl (C=O) groups excluding carboxylic acids is 1. The first-order chi connectivity index (χ1) is 12.0. The molecule has 1 heterocycles. The van der Waals surface area contributed by atoms with Crippen molar-refractivity contribution in [2.24, 2.45) is 17.3 Å². The van der Waals surface area contributed by atoms with Crippen LogP contribution in [0.15, 0.2) is 22.5 Å². The van der Waals surface area contributed by atoms with Crippen LogP contribution >= 0.6 is 34.7 Å². The third-order valence-corrected chi connectivity index (χ3v) is 8.72. The van der Waals surface area contributed by atoms with E-state index < -0.39 is 0 Å². The summed E-state index contributed by atoms with van der Waals surface area (Å²) in [4.78, 5) is 17.7. The monoisotopic (exact) mass is 392 g/mol. The minimum atomic E-state index is -0.251. The maximum Gasteiger partial charge on any atom is 0.230 e. The van der Waals surface area contributed by atoms with E-state index in [4.69, 9.17) is 11.6 Å². The highest BCUT2D eigenvalue weighted by Crippen LogP contribution is 2.64. The quantitative estimate of drug-likeness (QED) is 0.551. The maximum absolute atomic E-state index is 13.2. The first-order valence-corrected chi connectivity index (χ1v) is 11.3. The zero-order chi connectivity index (χ0) is 17.2. The number of alkyl halides is 1. The van der Waals surface area contributed by atoms with Crippen LogP contribution in [0.5, 0.6) is 0 Å². The van der Waals surface area contributed by atoms with E-state index in [1.807, 2.05) is 18.4 Å². The van der Waals surface area contributed by atoms with Crippen LogP contribution in [0.4, 0.5) is 5.69 Å². The van der Waals surface area contributed by atoms with E-state index in [0.717, 1.165) is 52.3 Å². The number of halogens is 1. The van der Waals surface area contributed by atoms with Gasteiger partial charge in [0.05, 0.1) is 15.6 Å². The average Bonchev–Trinajstić information content (AvgIpc) is 2.95. The van der Waals surface area contributed by atoms with Gasteiger partial charge < -0.3 is 5.32 Å². The van der Waals surface area contributed by atoms with Crippen LogP contribution in [0, 0.1) is 17.3 Å². The van der Waals surface area contributed by atoms with Crippen molar-refractivity contribution in [3.63, 3.8) is 0 Å². The van der Waals surface area contributed by atoms with Crippen LogP contribution in [0.1, 0.15) is 38.5 Å². The normalized spacial score (nSPS) is 36.1. The number of hydrogen-bond donors (Lipinski definition) is 1. The predicted octanol–water partition coefficient (Wildman–Crippen LogP) is 5.53. The van der Waals surface area contributed by atoms with Crippen molar-refractivity contribution in [3.8, 4) is 0 Å². The Bertz CT molecular complexity index is 850. The lowest BCUT2D eigenvalue weighted by atomic mass is 9.49. The molecule has 6 rings (SSSR count). The van der Waals surface area contributed by atoms with Gasteiger partial charge in [0, 0.05) is 10.6 Å². The number of thioether (sulfide) groups is 1. The summed E-state index contributed by atoms with van der Waals surface area (Å²) in [7, 11) is 0. The second-order valence-corrected chi connectivity index (χ2v) is 11.1. The molecule has 6 heteroatoms. The molecule has 4 saturated carbocycles. The molecular formula is C19H21ClN2OS2. The van der Waals surface area contributed by atoms with Crippen molar-refractivity contribution in [3.05, 3.63) is 18.2 Å². The number of aromatic nitrogens is 1. The Morgan fingerprint density at radius 3 is 2.76 bits per heavy atom. The highest BCUT2D eigenvalue weighted by Gasteiger charge is 2.60. The topological polar surface area (TPSA) is 42.0 Å². The van der Waals surface area contributed by atoms with Gasteiger partial charge in [-0.15, -0.1) is 22.9 Å². The zero-order valence-electron chi connectivity index (χ0n) is 14.2. The Morgan fingerprint density at radius 2 is 2.08 bits per heavy atom. The summed E-state index contributed by atoms with van der Waals surface area (Å²) < 4.78 is 2.19. The molecule has 0 radical (unpaired) electrons. The Kier molecular flexibility index (Phi) is 3.68. The molecule has 1 amide bonds. The van der Waals surface area contributed by atoms with Gasteiger partial charge in [0.1, 0.15) is 0 Å². The van der Waals surface area contributed by atoms with Crippen molar-refractivity contribution in [2.45, 2.75) is 47.7 Å². The predicted molar refractivity (Wildman–Crippen MR) is 106 cm³/mol. The minimum Gasteiger partial charge on any atom is -0.326 e. The number of anilines is 1. The van der Waals surface area contributed by atoms with Gasteiger partial charge in [-0.2, -0.15) is 0 Å². The van der Waals surface area contributed by atoms with Crippen molar-refractivity contribution in [1.29, 1.82) is 0 Å². The van der Waals surface area contributed by atoms with Gasteiger partial charge in [-0.1, -0.05) is 11.8 Å². The van der Waals surface area contributed by atoms with Gasteiger partial charge in [0.2, 0.25) is 5.91 Å². The lowest BCUT2D eigenvalue weighted by Gasteiger charge is -2.59. The van der Waals surface area contributed by atoms with E-state index in [0.29, 0.717) is 11.8 Å². The summed E-state index contributed by atoms with van der Waals surface area (Å²) in [5.74, 6) is 1.45.